The number of benzene rings is 3. The van der Waals surface area contributed by atoms with Crippen molar-refractivity contribution in [3.05, 3.63) is 114 Å². The number of nitrogens with zero attached hydrogens (tertiary/aromatic N) is 3. The van der Waals surface area contributed by atoms with Crippen LogP contribution in [0.3, 0.4) is 0 Å². The first-order valence-electron chi connectivity index (χ1n) is 11.0. The molecule has 0 amide bonds. The van der Waals surface area contributed by atoms with Crippen molar-refractivity contribution in [2.75, 3.05) is 6.61 Å². The van der Waals surface area contributed by atoms with Gasteiger partial charge in [0.05, 0.1) is 18.8 Å². The zero-order valence-corrected chi connectivity index (χ0v) is 19.2. The molecule has 1 aliphatic heterocycles. The molecular weight excluding hydrogens is 432 g/mol. The SMILES string of the molecule is CC1CCOc2c(S(N)(=O)=NC(c3ccccc3)(c3ccccc3)c3ccccc3)cnn21. The molecule has 0 radical (unpaired) electrons. The number of ether oxygens (including phenoxy) is 1. The first-order chi connectivity index (χ1) is 16.0. The van der Waals surface area contributed by atoms with Crippen molar-refractivity contribution in [3.63, 3.8) is 0 Å². The number of hydrogen-bond donors (Lipinski definition) is 1. The zero-order chi connectivity index (χ0) is 22.9. The van der Waals surface area contributed by atoms with Crippen molar-refractivity contribution in [1.82, 2.24) is 9.78 Å². The fourth-order valence-electron chi connectivity index (χ4n) is 4.38. The standard InChI is InChI=1S/C26H26N4O2S/c1-20-17-18-32-25-24(19-28-30(20)25)33(27,31)29-26(21-11-5-2-6-12-21,22-13-7-3-8-14-22)23-15-9-4-10-16-23/h2-16,19-20H,17-18H2,1H3,(H2,27,29,31). The second-order valence-corrected chi connectivity index (χ2v) is 9.97. The topological polar surface area (TPSA) is 82.5 Å². The van der Waals surface area contributed by atoms with Crippen LogP contribution in [0.1, 0.15) is 36.1 Å². The second-order valence-electron chi connectivity index (χ2n) is 8.21. The van der Waals surface area contributed by atoms with Gasteiger partial charge in [-0.15, -0.1) is 0 Å². The Bertz CT molecular complexity index is 1260. The van der Waals surface area contributed by atoms with Crippen LogP contribution in [0.4, 0.5) is 0 Å². The molecule has 0 saturated carbocycles. The molecule has 2 heterocycles. The quantitative estimate of drug-likeness (QED) is 0.431. The van der Waals surface area contributed by atoms with Crippen molar-refractivity contribution in [1.29, 1.82) is 0 Å². The Kier molecular flexibility index (Phi) is 5.52. The second kappa shape index (κ2) is 8.50. The van der Waals surface area contributed by atoms with Gasteiger partial charge in [-0.25, -0.2) is 14.0 Å². The minimum Gasteiger partial charge on any atom is -0.477 e. The maximum absolute atomic E-state index is 14.2. The van der Waals surface area contributed by atoms with Crippen molar-refractivity contribution in [2.45, 2.75) is 29.8 Å². The van der Waals surface area contributed by atoms with Crippen molar-refractivity contribution >= 4 is 9.92 Å². The van der Waals surface area contributed by atoms with Crippen LogP contribution in [0.15, 0.2) is 106 Å². The predicted octanol–water partition coefficient (Wildman–Crippen LogP) is 4.92. The first-order valence-corrected chi connectivity index (χ1v) is 12.5. The molecule has 4 aromatic rings. The summed E-state index contributed by atoms with van der Waals surface area (Å²) in [4.78, 5) is 0.321. The van der Waals surface area contributed by atoms with Gasteiger partial charge in [-0.1, -0.05) is 91.0 Å². The summed E-state index contributed by atoms with van der Waals surface area (Å²) in [5, 5.41) is 11.0. The van der Waals surface area contributed by atoms with E-state index in [4.69, 9.17) is 14.2 Å². The summed E-state index contributed by atoms with van der Waals surface area (Å²) in [7, 11) is -3.42. The number of nitrogens with two attached hydrogens (primary N) is 1. The Morgan fingerprint density at radius 2 is 1.42 bits per heavy atom. The molecule has 1 aromatic heterocycles. The van der Waals surface area contributed by atoms with Crippen LogP contribution in [0.25, 0.3) is 0 Å². The zero-order valence-electron chi connectivity index (χ0n) is 18.4. The van der Waals surface area contributed by atoms with Gasteiger partial charge in [0.25, 0.3) is 0 Å². The minimum absolute atomic E-state index is 0.139. The molecule has 2 unspecified atom stereocenters. The Morgan fingerprint density at radius 3 is 1.91 bits per heavy atom. The maximum atomic E-state index is 14.2. The van der Waals surface area contributed by atoms with Crippen LogP contribution in [0.2, 0.25) is 0 Å². The summed E-state index contributed by atoms with van der Waals surface area (Å²) < 4.78 is 26.8. The molecule has 7 heteroatoms. The van der Waals surface area contributed by atoms with E-state index in [9.17, 15) is 4.21 Å². The van der Waals surface area contributed by atoms with E-state index in [-0.39, 0.29) is 6.04 Å². The average Bonchev–Trinajstić information content (AvgIpc) is 3.31. The number of hydrogen-bond acceptors (Lipinski definition) is 4. The maximum Gasteiger partial charge on any atom is 0.231 e. The summed E-state index contributed by atoms with van der Waals surface area (Å²) in [5.41, 5.74) is 1.52. The molecule has 1 aliphatic rings. The molecule has 0 bridgehead atoms. The van der Waals surface area contributed by atoms with E-state index in [1.54, 1.807) is 4.68 Å². The van der Waals surface area contributed by atoms with Gasteiger partial charge in [0.2, 0.25) is 5.88 Å². The van der Waals surface area contributed by atoms with Crippen LogP contribution < -0.4 is 9.88 Å². The summed E-state index contributed by atoms with van der Waals surface area (Å²) in [6.45, 7) is 2.58. The lowest BCUT2D eigenvalue weighted by molar-refractivity contribution is 0.196. The molecule has 0 spiro atoms. The monoisotopic (exact) mass is 458 g/mol. The van der Waals surface area contributed by atoms with Crippen LogP contribution in [-0.2, 0) is 15.5 Å². The van der Waals surface area contributed by atoms with Crippen LogP contribution in [0, 0.1) is 0 Å². The summed E-state index contributed by atoms with van der Waals surface area (Å²) in [6.07, 6.45) is 2.37. The molecule has 0 fully saturated rings. The van der Waals surface area contributed by atoms with Crippen LogP contribution in [0.5, 0.6) is 5.88 Å². The molecule has 168 valence electrons. The van der Waals surface area contributed by atoms with Crippen molar-refractivity contribution in [3.8, 4) is 5.88 Å². The fourth-order valence-corrected chi connectivity index (χ4v) is 5.81. The van der Waals surface area contributed by atoms with Gasteiger partial charge >= 0.3 is 0 Å². The number of rotatable bonds is 5. The van der Waals surface area contributed by atoms with E-state index < -0.39 is 15.5 Å². The van der Waals surface area contributed by atoms with E-state index in [2.05, 4.69) is 12.0 Å². The third kappa shape index (κ3) is 3.73. The van der Waals surface area contributed by atoms with E-state index in [1.165, 1.54) is 6.20 Å². The van der Waals surface area contributed by atoms with E-state index >= 15 is 0 Å². The molecule has 0 saturated heterocycles. The predicted molar refractivity (Wildman–Crippen MR) is 129 cm³/mol. The Balaban J connectivity index is 1.84. The molecule has 0 aliphatic carbocycles. The van der Waals surface area contributed by atoms with Crippen LogP contribution in [-0.4, -0.2) is 20.6 Å². The van der Waals surface area contributed by atoms with E-state index in [0.717, 1.165) is 23.1 Å². The molecule has 33 heavy (non-hydrogen) atoms. The fraction of sp³-hybridized carbons (Fsp3) is 0.192. The molecular formula is C26H26N4O2S. The molecule has 2 N–H and O–H groups in total. The highest BCUT2D eigenvalue weighted by Gasteiger charge is 2.39. The summed E-state index contributed by atoms with van der Waals surface area (Å²) in [5.74, 6) is 0.438. The Morgan fingerprint density at radius 1 is 0.939 bits per heavy atom. The van der Waals surface area contributed by atoms with Gasteiger partial charge < -0.3 is 4.74 Å². The number of fused-ring (bicyclic) bond motifs is 1. The largest absolute Gasteiger partial charge is 0.477 e. The highest BCUT2D eigenvalue weighted by atomic mass is 32.2. The lowest BCUT2D eigenvalue weighted by Crippen LogP contribution is -2.31. The number of aromatic nitrogens is 2. The molecule has 5 rings (SSSR count). The first kappa shape index (κ1) is 21.4. The third-order valence-electron chi connectivity index (χ3n) is 6.07. The summed E-state index contributed by atoms with van der Waals surface area (Å²) in [6, 6.07) is 29.7. The molecule has 6 nitrogen and oxygen atoms in total. The lowest BCUT2D eigenvalue weighted by Gasteiger charge is -2.32. The summed E-state index contributed by atoms with van der Waals surface area (Å²) >= 11 is 0. The van der Waals surface area contributed by atoms with Crippen LogP contribution >= 0.6 is 0 Å². The third-order valence-corrected chi connectivity index (χ3v) is 7.53. The van der Waals surface area contributed by atoms with Gasteiger partial charge in [0.1, 0.15) is 20.3 Å². The van der Waals surface area contributed by atoms with Gasteiger partial charge in [-0.05, 0) is 23.6 Å². The highest BCUT2D eigenvalue weighted by Crippen LogP contribution is 2.43. The smallest absolute Gasteiger partial charge is 0.231 e. The minimum atomic E-state index is -3.42. The van der Waals surface area contributed by atoms with Gasteiger partial charge in [0.15, 0.2) is 0 Å². The Hall–Kier alpha value is -3.42. The molecule has 3 aromatic carbocycles. The molecule has 2 atom stereocenters. The lowest BCUT2D eigenvalue weighted by atomic mass is 9.78. The van der Waals surface area contributed by atoms with E-state index in [0.29, 0.717) is 17.4 Å². The highest BCUT2D eigenvalue weighted by molar-refractivity contribution is 7.91. The van der Waals surface area contributed by atoms with Gasteiger partial charge in [0, 0.05) is 6.42 Å². The van der Waals surface area contributed by atoms with Crippen molar-refractivity contribution < 1.29 is 8.95 Å². The van der Waals surface area contributed by atoms with E-state index in [1.807, 2.05) is 91.0 Å². The van der Waals surface area contributed by atoms with Gasteiger partial charge in [-0.2, -0.15) is 9.46 Å². The van der Waals surface area contributed by atoms with Gasteiger partial charge in [-0.3, -0.25) is 0 Å². The Labute approximate surface area is 194 Å². The normalized spacial score (nSPS) is 17.5. The average molecular weight is 459 g/mol. The van der Waals surface area contributed by atoms with Crippen molar-refractivity contribution in [2.24, 2.45) is 9.50 Å².